The smallest absolute Gasteiger partial charge is 0.122 e. The lowest BCUT2D eigenvalue weighted by Gasteiger charge is -2.29. The van der Waals surface area contributed by atoms with Gasteiger partial charge in [0.15, 0.2) is 0 Å². The minimum absolute atomic E-state index is 0.853. The van der Waals surface area contributed by atoms with Gasteiger partial charge in [-0.2, -0.15) is 0 Å². The van der Waals surface area contributed by atoms with Gasteiger partial charge in [-0.1, -0.05) is 0 Å². The molecule has 82 valence electrons. The monoisotopic (exact) mass is 206 g/mol. The normalized spacial score (nSPS) is 26.8. The minimum atomic E-state index is 0.853. The third kappa shape index (κ3) is 1.92. The van der Waals surface area contributed by atoms with E-state index in [9.17, 15) is 0 Å². The van der Waals surface area contributed by atoms with Crippen molar-refractivity contribution in [3.63, 3.8) is 0 Å². The highest BCUT2D eigenvalue weighted by atomic mass is 15.2. The fourth-order valence-electron chi connectivity index (χ4n) is 2.61. The Hall–Kier alpha value is -0.870. The van der Waals surface area contributed by atoms with Gasteiger partial charge in [0.25, 0.3) is 0 Å². The Bertz CT molecular complexity index is 327. The Balaban J connectivity index is 1.61. The van der Waals surface area contributed by atoms with Crippen molar-refractivity contribution in [2.45, 2.75) is 19.5 Å². The van der Waals surface area contributed by atoms with Crippen molar-refractivity contribution in [1.82, 2.24) is 19.8 Å². The number of hydrogen-bond acceptors (Lipinski definition) is 3. The van der Waals surface area contributed by atoms with E-state index in [-0.39, 0.29) is 0 Å². The van der Waals surface area contributed by atoms with Crippen molar-refractivity contribution in [2.75, 3.05) is 26.2 Å². The van der Waals surface area contributed by atoms with Crippen LogP contribution in [0.3, 0.4) is 0 Å². The van der Waals surface area contributed by atoms with Crippen molar-refractivity contribution in [1.29, 1.82) is 0 Å². The molecule has 0 aliphatic carbocycles. The maximum Gasteiger partial charge on any atom is 0.122 e. The number of nitrogens with zero attached hydrogens (tertiary/aromatic N) is 3. The molecule has 0 aromatic carbocycles. The molecule has 4 heteroatoms. The number of aromatic nitrogens is 2. The molecule has 1 N–H and O–H groups in total. The Morgan fingerprint density at radius 2 is 2.47 bits per heavy atom. The first-order valence-electron chi connectivity index (χ1n) is 5.85. The number of rotatable bonds is 2. The van der Waals surface area contributed by atoms with Crippen LogP contribution in [-0.4, -0.2) is 40.6 Å². The van der Waals surface area contributed by atoms with E-state index in [0.29, 0.717) is 0 Å². The van der Waals surface area contributed by atoms with Crippen molar-refractivity contribution >= 4 is 0 Å². The highest BCUT2D eigenvalue weighted by Gasteiger charge is 2.21. The van der Waals surface area contributed by atoms with Gasteiger partial charge >= 0.3 is 0 Å². The second-order valence-corrected chi connectivity index (χ2v) is 4.63. The van der Waals surface area contributed by atoms with Gasteiger partial charge in [0.1, 0.15) is 5.82 Å². The average molecular weight is 206 g/mol. The fourth-order valence-corrected chi connectivity index (χ4v) is 2.61. The van der Waals surface area contributed by atoms with Crippen LogP contribution in [0, 0.1) is 5.92 Å². The molecule has 0 bridgehead atoms. The van der Waals surface area contributed by atoms with Crippen molar-refractivity contribution < 1.29 is 0 Å². The molecule has 15 heavy (non-hydrogen) atoms. The van der Waals surface area contributed by atoms with Crippen LogP contribution in [0.5, 0.6) is 0 Å². The molecule has 2 aliphatic heterocycles. The van der Waals surface area contributed by atoms with Gasteiger partial charge in [0.2, 0.25) is 0 Å². The van der Waals surface area contributed by atoms with E-state index in [1.807, 2.05) is 6.20 Å². The summed E-state index contributed by atoms with van der Waals surface area (Å²) in [5, 5.41) is 3.43. The second kappa shape index (κ2) is 3.94. The van der Waals surface area contributed by atoms with Gasteiger partial charge in [-0.3, -0.25) is 4.90 Å². The molecule has 1 unspecified atom stereocenters. The predicted octanol–water partition coefficient (Wildman–Crippen LogP) is 0.308. The molecule has 3 heterocycles. The van der Waals surface area contributed by atoms with Crippen molar-refractivity contribution in [3.05, 3.63) is 18.2 Å². The van der Waals surface area contributed by atoms with Crippen molar-refractivity contribution in [2.24, 2.45) is 5.92 Å². The summed E-state index contributed by atoms with van der Waals surface area (Å²) in [6.45, 7) is 6.96. The van der Waals surface area contributed by atoms with E-state index in [4.69, 9.17) is 0 Å². The molecule has 0 radical (unpaired) electrons. The van der Waals surface area contributed by atoms with E-state index in [2.05, 4.69) is 26.0 Å². The number of fused-ring (bicyclic) bond motifs is 1. The fraction of sp³-hybridized carbons (Fsp3) is 0.727. The zero-order valence-electron chi connectivity index (χ0n) is 9.02. The Labute approximate surface area is 90.3 Å². The minimum Gasteiger partial charge on any atom is -0.333 e. The molecule has 4 nitrogen and oxygen atoms in total. The van der Waals surface area contributed by atoms with Gasteiger partial charge in [-0.05, 0) is 25.4 Å². The largest absolute Gasteiger partial charge is 0.333 e. The van der Waals surface area contributed by atoms with Crippen LogP contribution >= 0.6 is 0 Å². The molecular weight excluding hydrogens is 188 g/mol. The maximum absolute atomic E-state index is 4.39. The average Bonchev–Trinajstić information content (AvgIpc) is 2.87. The van der Waals surface area contributed by atoms with Crippen molar-refractivity contribution in [3.8, 4) is 0 Å². The summed E-state index contributed by atoms with van der Waals surface area (Å²) in [4.78, 5) is 6.93. The molecule has 1 fully saturated rings. The zero-order chi connectivity index (χ0) is 10.1. The highest BCUT2D eigenvalue weighted by Crippen LogP contribution is 2.15. The van der Waals surface area contributed by atoms with Gasteiger partial charge in [-0.25, -0.2) is 4.98 Å². The SMILES string of the molecule is c1cn2c(n1)CN(CC1CCNC1)CC2. The van der Waals surface area contributed by atoms with Gasteiger partial charge < -0.3 is 9.88 Å². The first kappa shape index (κ1) is 9.36. The number of imidazole rings is 1. The van der Waals surface area contributed by atoms with Crippen LogP contribution in [0.1, 0.15) is 12.2 Å². The van der Waals surface area contributed by atoms with Crippen LogP contribution in [0.25, 0.3) is 0 Å². The van der Waals surface area contributed by atoms with E-state index in [0.717, 1.165) is 19.0 Å². The lowest BCUT2D eigenvalue weighted by molar-refractivity contribution is 0.190. The topological polar surface area (TPSA) is 33.1 Å². The van der Waals surface area contributed by atoms with E-state index < -0.39 is 0 Å². The lowest BCUT2D eigenvalue weighted by atomic mass is 10.1. The summed E-state index contributed by atoms with van der Waals surface area (Å²) in [5.74, 6) is 2.08. The van der Waals surface area contributed by atoms with Gasteiger partial charge in [-0.15, -0.1) is 0 Å². The summed E-state index contributed by atoms with van der Waals surface area (Å²) >= 11 is 0. The molecule has 0 amide bonds. The molecule has 3 rings (SSSR count). The molecular formula is C11H18N4. The predicted molar refractivity (Wildman–Crippen MR) is 58.5 cm³/mol. The Morgan fingerprint density at radius 1 is 1.47 bits per heavy atom. The highest BCUT2D eigenvalue weighted by molar-refractivity contribution is 4.95. The standard InChI is InChI=1S/C11H18N4/c1-2-12-7-10(1)8-14-5-6-15-4-3-13-11(15)9-14/h3-4,10,12H,1-2,5-9H2. The van der Waals surface area contributed by atoms with Gasteiger partial charge in [0, 0.05) is 32.0 Å². The van der Waals surface area contributed by atoms with Gasteiger partial charge in [0.05, 0.1) is 6.54 Å². The molecule has 1 atom stereocenters. The van der Waals surface area contributed by atoms with E-state index in [1.54, 1.807) is 0 Å². The third-order valence-electron chi connectivity index (χ3n) is 3.50. The lowest BCUT2D eigenvalue weighted by Crippen LogP contribution is -2.37. The molecule has 0 saturated carbocycles. The summed E-state index contributed by atoms with van der Waals surface area (Å²) < 4.78 is 2.27. The Kier molecular flexibility index (Phi) is 2.46. The second-order valence-electron chi connectivity index (χ2n) is 4.63. The van der Waals surface area contributed by atoms with Crippen LogP contribution in [-0.2, 0) is 13.1 Å². The first-order chi connectivity index (χ1) is 7.42. The molecule has 1 aromatic rings. The molecule has 2 aliphatic rings. The molecule has 0 spiro atoms. The van der Waals surface area contributed by atoms with Crippen LogP contribution in [0.4, 0.5) is 0 Å². The summed E-state index contributed by atoms with van der Waals surface area (Å²) in [5.41, 5.74) is 0. The molecule has 1 saturated heterocycles. The Morgan fingerprint density at radius 3 is 3.33 bits per heavy atom. The quantitative estimate of drug-likeness (QED) is 0.756. The van der Waals surface area contributed by atoms with E-state index in [1.165, 1.54) is 38.4 Å². The first-order valence-corrected chi connectivity index (χ1v) is 5.85. The molecule has 1 aromatic heterocycles. The number of nitrogens with one attached hydrogen (secondary N) is 1. The maximum atomic E-state index is 4.39. The van der Waals surface area contributed by atoms with Crippen LogP contribution < -0.4 is 5.32 Å². The van der Waals surface area contributed by atoms with E-state index >= 15 is 0 Å². The zero-order valence-corrected chi connectivity index (χ0v) is 9.02. The number of hydrogen-bond donors (Lipinski definition) is 1. The van der Waals surface area contributed by atoms with Crippen LogP contribution in [0.15, 0.2) is 12.4 Å². The third-order valence-corrected chi connectivity index (χ3v) is 3.50. The summed E-state index contributed by atoms with van der Waals surface area (Å²) in [7, 11) is 0. The van der Waals surface area contributed by atoms with Crippen LogP contribution in [0.2, 0.25) is 0 Å². The summed E-state index contributed by atoms with van der Waals surface area (Å²) in [6, 6.07) is 0. The summed E-state index contributed by atoms with van der Waals surface area (Å²) in [6.07, 6.45) is 5.34.